The lowest BCUT2D eigenvalue weighted by atomic mass is 9.93. The van der Waals surface area contributed by atoms with Crippen molar-refractivity contribution in [3.63, 3.8) is 0 Å². The zero-order chi connectivity index (χ0) is 14.0. The van der Waals surface area contributed by atoms with Crippen LogP contribution in [0.3, 0.4) is 0 Å². The molecule has 1 aliphatic carbocycles. The summed E-state index contributed by atoms with van der Waals surface area (Å²) in [7, 11) is -3.98. The number of aliphatic hydroxyl groups excluding tert-OH is 1. The van der Waals surface area contributed by atoms with E-state index in [0.717, 1.165) is 25.0 Å². The molecule has 2 atom stereocenters. The van der Waals surface area contributed by atoms with Crippen LogP contribution in [0.2, 0.25) is 0 Å². The Morgan fingerprint density at radius 1 is 1.32 bits per heavy atom. The average molecular weight is 288 g/mol. The van der Waals surface area contributed by atoms with Gasteiger partial charge in [0.1, 0.15) is 10.7 Å². The van der Waals surface area contributed by atoms with Gasteiger partial charge in [0.2, 0.25) is 10.0 Å². The number of nitrogen functional groups attached to an aromatic ring is 1. The molecular formula is C12H17FN2O3S. The van der Waals surface area contributed by atoms with Crippen molar-refractivity contribution in [3.05, 3.63) is 24.0 Å². The highest BCUT2D eigenvalue weighted by atomic mass is 32.2. The highest BCUT2D eigenvalue weighted by Crippen LogP contribution is 2.22. The normalized spacial score (nSPS) is 24.3. The zero-order valence-electron chi connectivity index (χ0n) is 10.3. The summed E-state index contributed by atoms with van der Waals surface area (Å²) in [6, 6.07) is 2.86. The molecule has 1 fully saturated rings. The van der Waals surface area contributed by atoms with Crippen LogP contribution in [0.15, 0.2) is 23.1 Å². The molecule has 1 aromatic rings. The summed E-state index contributed by atoms with van der Waals surface area (Å²) in [6.07, 6.45) is 2.10. The van der Waals surface area contributed by atoms with Gasteiger partial charge >= 0.3 is 0 Å². The maximum absolute atomic E-state index is 13.6. The molecular weight excluding hydrogens is 271 g/mol. The fourth-order valence-corrected chi connectivity index (χ4v) is 3.61. The fraction of sp³-hybridized carbons (Fsp3) is 0.500. The summed E-state index contributed by atoms with van der Waals surface area (Å²) in [5, 5.41) is 9.75. The van der Waals surface area contributed by atoms with Crippen LogP contribution in [-0.4, -0.2) is 25.7 Å². The van der Waals surface area contributed by atoms with Gasteiger partial charge in [-0.25, -0.2) is 17.5 Å². The van der Waals surface area contributed by atoms with Crippen molar-refractivity contribution in [1.29, 1.82) is 0 Å². The summed E-state index contributed by atoms with van der Waals surface area (Å²) in [5.41, 5.74) is 5.54. The Kier molecular flexibility index (Phi) is 4.07. The molecule has 0 saturated heterocycles. The molecule has 0 aromatic heterocycles. The Morgan fingerprint density at radius 2 is 2.00 bits per heavy atom. The van der Waals surface area contributed by atoms with Gasteiger partial charge in [-0.3, -0.25) is 0 Å². The van der Waals surface area contributed by atoms with E-state index in [0.29, 0.717) is 12.8 Å². The van der Waals surface area contributed by atoms with E-state index in [1.807, 2.05) is 0 Å². The van der Waals surface area contributed by atoms with Crippen LogP contribution >= 0.6 is 0 Å². The number of sulfonamides is 1. The van der Waals surface area contributed by atoms with E-state index in [9.17, 15) is 17.9 Å². The molecule has 1 aliphatic rings. The van der Waals surface area contributed by atoms with Gasteiger partial charge in [0, 0.05) is 11.7 Å². The average Bonchev–Trinajstić information content (AvgIpc) is 2.31. The second kappa shape index (κ2) is 5.44. The second-order valence-corrected chi connectivity index (χ2v) is 6.45. The van der Waals surface area contributed by atoms with E-state index in [2.05, 4.69) is 4.72 Å². The van der Waals surface area contributed by atoms with E-state index in [1.165, 1.54) is 6.07 Å². The van der Waals surface area contributed by atoms with Crippen molar-refractivity contribution in [2.24, 2.45) is 0 Å². The molecule has 0 spiro atoms. The molecule has 19 heavy (non-hydrogen) atoms. The topological polar surface area (TPSA) is 92.4 Å². The Balaban J connectivity index is 2.22. The molecule has 0 aliphatic heterocycles. The molecule has 0 bridgehead atoms. The number of benzene rings is 1. The molecule has 0 radical (unpaired) electrons. The van der Waals surface area contributed by atoms with Gasteiger partial charge in [-0.1, -0.05) is 12.8 Å². The first-order chi connectivity index (χ1) is 8.90. The van der Waals surface area contributed by atoms with Crippen LogP contribution in [-0.2, 0) is 10.0 Å². The number of halogens is 1. The summed E-state index contributed by atoms with van der Waals surface area (Å²) >= 11 is 0. The van der Waals surface area contributed by atoms with Crippen LogP contribution in [0.5, 0.6) is 0 Å². The number of nitrogens with two attached hydrogens (primary N) is 1. The Labute approximate surface area is 111 Å². The van der Waals surface area contributed by atoms with Crippen molar-refractivity contribution in [1.82, 2.24) is 4.72 Å². The van der Waals surface area contributed by atoms with Crippen molar-refractivity contribution in [2.75, 3.05) is 5.73 Å². The minimum atomic E-state index is -3.98. The van der Waals surface area contributed by atoms with Crippen LogP contribution in [0.4, 0.5) is 10.1 Å². The smallest absolute Gasteiger partial charge is 0.243 e. The van der Waals surface area contributed by atoms with Gasteiger partial charge < -0.3 is 10.8 Å². The van der Waals surface area contributed by atoms with Crippen LogP contribution in [0, 0.1) is 5.82 Å². The highest BCUT2D eigenvalue weighted by Gasteiger charge is 2.29. The lowest BCUT2D eigenvalue weighted by molar-refractivity contribution is 0.101. The highest BCUT2D eigenvalue weighted by molar-refractivity contribution is 7.89. The van der Waals surface area contributed by atoms with Crippen LogP contribution in [0.25, 0.3) is 0 Å². The van der Waals surface area contributed by atoms with Gasteiger partial charge in [0.15, 0.2) is 0 Å². The molecule has 7 heteroatoms. The molecule has 0 unspecified atom stereocenters. The zero-order valence-corrected chi connectivity index (χ0v) is 11.2. The Bertz CT molecular complexity index is 562. The lowest BCUT2D eigenvalue weighted by Gasteiger charge is -2.28. The van der Waals surface area contributed by atoms with E-state index < -0.39 is 32.9 Å². The fourth-order valence-electron chi connectivity index (χ4n) is 2.25. The van der Waals surface area contributed by atoms with E-state index >= 15 is 0 Å². The maximum Gasteiger partial charge on any atom is 0.243 e. The summed E-state index contributed by atoms with van der Waals surface area (Å²) < 4.78 is 40.1. The maximum atomic E-state index is 13.6. The van der Waals surface area contributed by atoms with Gasteiger partial charge in [0.25, 0.3) is 0 Å². The van der Waals surface area contributed by atoms with Gasteiger partial charge in [-0.15, -0.1) is 0 Å². The van der Waals surface area contributed by atoms with Gasteiger partial charge in [0.05, 0.1) is 6.10 Å². The van der Waals surface area contributed by atoms with Crippen LogP contribution < -0.4 is 10.5 Å². The third kappa shape index (κ3) is 3.23. The summed E-state index contributed by atoms with van der Waals surface area (Å²) in [6.45, 7) is 0. The third-order valence-electron chi connectivity index (χ3n) is 3.28. The van der Waals surface area contributed by atoms with Crippen molar-refractivity contribution in [2.45, 2.75) is 42.7 Å². The number of hydrogen-bond acceptors (Lipinski definition) is 4. The van der Waals surface area contributed by atoms with Gasteiger partial charge in [-0.2, -0.15) is 0 Å². The summed E-state index contributed by atoms with van der Waals surface area (Å²) in [4.78, 5) is -0.445. The predicted octanol–water partition coefficient (Wildman–Crippen LogP) is 0.990. The molecule has 0 heterocycles. The van der Waals surface area contributed by atoms with E-state index in [4.69, 9.17) is 5.73 Å². The van der Waals surface area contributed by atoms with E-state index in [1.54, 1.807) is 0 Å². The molecule has 5 nitrogen and oxygen atoms in total. The summed E-state index contributed by atoms with van der Waals surface area (Å²) in [5.74, 6) is -0.891. The quantitative estimate of drug-likeness (QED) is 0.723. The minimum Gasteiger partial charge on any atom is -0.399 e. The monoisotopic (exact) mass is 288 g/mol. The predicted molar refractivity (Wildman–Crippen MR) is 69.4 cm³/mol. The van der Waals surface area contributed by atoms with Crippen LogP contribution in [0.1, 0.15) is 25.7 Å². The SMILES string of the molecule is Nc1ccc(S(=O)(=O)N[C@@H]2CCCC[C@H]2O)c(F)c1. The third-order valence-corrected chi connectivity index (χ3v) is 4.80. The first-order valence-corrected chi connectivity index (χ1v) is 7.64. The molecule has 4 N–H and O–H groups in total. The minimum absolute atomic E-state index is 0.161. The number of nitrogens with one attached hydrogen (secondary N) is 1. The number of hydrogen-bond donors (Lipinski definition) is 3. The molecule has 0 amide bonds. The van der Waals surface area contributed by atoms with Gasteiger partial charge in [-0.05, 0) is 31.0 Å². The Morgan fingerprint density at radius 3 is 2.63 bits per heavy atom. The first kappa shape index (κ1) is 14.2. The Hall–Kier alpha value is -1.18. The second-order valence-electron chi connectivity index (χ2n) is 4.77. The number of rotatable bonds is 3. The molecule has 106 valence electrons. The molecule has 1 aromatic carbocycles. The van der Waals surface area contributed by atoms with E-state index in [-0.39, 0.29) is 5.69 Å². The lowest BCUT2D eigenvalue weighted by Crippen LogP contribution is -2.45. The first-order valence-electron chi connectivity index (χ1n) is 6.15. The standard InChI is InChI=1S/C12H17FN2O3S/c13-9-7-8(14)5-6-12(9)19(17,18)15-10-3-1-2-4-11(10)16/h5-7,10-11,15-16H,1-4,14H2/t10-,11-/m1/s1. The molecule has 2 rings (SSSR count). The van der Waals surface area contributed by atoms with Crippen molar-refractivity contribution >= 4 is 15.7 Å². The number of aliphatic hydroxyl groups is 1. The van der Waals surface area contributed by atoms with Crippen molar-refractivity contribution < 1.29 is 17.9 Å². The number of anilines is 1. The molecule has 1 saturated carbocycles. The van der Waals surface area contributed by atoms with Crippen molar-refractivity contribution in [3.8, 4) is 0 Å². The largest absolute Gasteiger partial charge is 0.399 e.